The minimum Gasteiger partial charge on any atom is -0.339 e. The summed E-state index contributed by atoms with van der Waals surface area (Å²) in [6.07, 6.45) is 0.946. The molecule has 0 bridgehead atoms. The predicted molar refractivity (Wildman–Crippen MR) is 71.8 cm³/mol. The smallest absolute Gasteiger partial charge is 0.146 e. The second-order valence-corrected chi connectivity index (χ2v) is 4.18. The molecule has 0 aliphatic carbocycles. The molecule has 0 atom stereocenters. The minimum absolute atomic E-state index is 0.600. The first-order valence-corrected chi connectivity index (χ1v) is 5.96. The Morgan fingerprint density at radius 1 is 1.39 bits per heavy atom. The Hall–Kier alpha value is -2.28. The third-order valence-electron chi connectivity index (χ3n) is 2.99. The van der Waals surface area contributed by atoms with Crippen molar-refractivity contribution in [2.24, 2.45) is 7.05 Å². The molecule has 0 amide bonds. The maximum Gasteiger partial charge on any atom is 0.146 e. The number of rotatable bonds is 3. The van der Waals surface area contributed by atoms with Crippen molar-refractivity contribution >= 4 is 11.5 Å². The molecule has 2 rings (SSSR count). The summed E-state index contributed by atoms with van der Waals surface area (Å²) >= 11 is 0. The average molecular weight is 240 g/mol. The highest BCUT2D eigenvalue weighted by Gasteiger charge is 2.13. The number of nitrogens with zero attached hydrogens (tertiary/aromatic N) is 3. The van der Waals surface area contributed by atoms with Crippen molar-refractivity contribution in [2.75, 3.05) is 5.32 Å². The predicted octanol–water partition coefficient (Wildman–Crippen LogP) is 2.91. The number of para-hydroxylation sites is 1. The number of hydrogen-bond acceptors (Lipinski definition) is 3. The summed E-state index contributed by atoms with van der Waals surface area (Å²) in [6.45, 7) is 3.95. The van der Waals surface area contributed by atoms with Crippen molar-refractivity contribution in [3.8, 4) is 6.07 Å². The molecule has 0 saturated heterocycles. The topological polar surface area (TPSA) is 53.6 Å². The summed E-state index contributed by atoms with van der Waals surface area (Å²) in [5.41, 5.74) is 3.60. The fourth-order valence-electron chi connectivity index (χ4n) is 2.01. The maximum absolute atomic E-state index is 9.17. The van der Waals surface area contributed by atoms with Crippen LogP contribution in [0.2, 0.25) is 0 Å². The van der Waals surface area contributed by atoms with E-state index in [0.717, 1.165) is 23.6 Å². The van der Waals surface area contributed by atoms with E-state index in [1.165, 1.54) is 5.56 Å². The molecule has 0 fully saturated rings. The van der Waals surface area contributed by atoms with E-state index < -0.39 is 0 Å². The van der Waals surface area contributed by atoms with E-state index in [1.54, 1.807) is 4.68 Å². The Kier molecular flexibility index (Phi) is 3.33. The molecule has 0 aliphatic heterocycles. The van der Waals surface area contributed by atoms with Crippen LogP contribution >= 0.6 is 0 Å². The monoisotopic (exact) mass is 240 g/mol. The van der Waals surface area contributed by atoms with E-state index in [-0.39, 0.29) is 0 Å². The molecule has 4 heteroatoms. The fourth-order valence-corrected chi connectivity index (χ4v) is 2.01. The van der Waals surface area contributed by atoms with E-state index >= 15 is 0 Å². The largest absolute Gasteiger partial charge is 0.339 e. The van der Waals surface area contributed by atoms with Crippen LogP contribution in [-0.4, -0.2) is 9.78 Å². The zero-order valence-corrected chi connectivity index (χ0v) is 10.9. The molecule has 1 aromatic carbocycles. The van der Waals surface area contributed by atoms with Crippen LogP contribution in [0.4, 0.5) is 11.5 Å². The number of benzene rings is 1. The van der Waals surface area contributed by atoms with E-state index in [4.69, 9.17) is 0 Å². The Morgan fingerprint density at radius 2 is 2.11 bits per heavy atom. The maximum atomic E-state index is 9.17. The van der Waals surface area contributed by atoms with Crippen molar-refractivity contribution in [1.82, 2.24) is 9.78 Å². The standard InChI is InChI=1S/C14H16N4/c1-4-11-7-5-6-8-13(11)16-14-12(9-15)10(2)17-18(14)3/h5-8,16H,4H2,1-3H3. The van der Waals surface area contributed by atoms with Gasteiger partial charge in [0.1, 0.15) is 17.5 Å². The lowest BCUT2D eigenvalue weighted by Crippen LogP contribution is -2.02. The van der Waals surface area contributed by atoms with Crippen LogP contribution in [0.15, 0.2) is 24.3 Å². The van der Waals surface area contributed by atoms with Crippen LogP contribution in [-0.2, 0) is 13.5 Å². The molecule has 0 saturated carbocycles. The van der Waals surface area contributed by atoms with Gasteiger partial charge in [-0.2, -0.15) is 10.4 Å². The lowest BCUT2D eigenvalue weighted by Gasteiger charge is -2.11. The Bertz CT molecular complexity index is 605. The Balaban J connectivity index is 2.44. The second-order valence-electron chi connectivity index (χ2n) is 4.18. The van der Waals surface area contributed by atoms with Crippen molar-refractivity contribution < 1.29 is 0 Å². The van der Waals surface area contributed by atoms with Gasteiger partial charge in [-0.3, -0.25) is 4.68 Å². The van der Waals surface area contributed by atoms with Crippen molar-refractivity contribution in [3.05, 3.63) is 41.1 Å². The van der Waals surface area contributed by atoms with Gasteiger partial charge in [0.15, 0.2) is 0 Å². The summed E-state index contributed by atoms with van der Waals surface area (Å²) in [6, 6.07) is 10.3. The Labute approximate surface area is 107 Å². The second kappa shape index (κ2) is 4.92. The third-order valence-corrected chi connectivity index (χ3v) is 2.99. The number of anilines is 2. The molecule has 0 radical (unpaired) electrons. The molecule has 1 heterocycles. The van der Waals surface area contributed by atoms with Gasteiger partial charge in [-0.25, -0.2) is 0 Å². The van der Waals surface area contributed by atoms with Crippen LogP contribution in [0, 0.1) is 18.3 Å². The lowest BCUT2D eigenvalue weighted by atomic mass is 10.1. The first kappa shape index (κ1) is 12.2. The normalized spacial score (nSPS) is 10.1. The average Bonchev–Trinajstić information content (AvgIpc) is 2.64. The van der Waals surface area contributed by atoms with Gasteiger partial charge in [0.05, 0.1) is 5.69 Å². The van der Waals surface area contributed by atoms with Crippen LogP contribution in [0.1, 0.15) is 23.7 Å². The van der Waals surface area contributed by atoms with E-state index in [0.29, 0.717) is 5.56 Å². The molecular weight excluding hydrogens is 224 g/mol. The Morgan fingerprint density at radius 3 is 2.78 bits per heavy atom. The number of nitriles is 1. The zero-order valence-electron chi connectivity index (χ0n) is 10.9. The summed E-state index contributed by atoms with van der Waals surface area (Å²) in [5.74, 6) is 0.746. The van der Waals surface area contributed by atoms with E-state index in [9.17, 15) is 5.26 Å². The van der Waals surface area contributed by atoms with Gasteiger partial charge in [0, 0.05) is 12.7 Å². The zero-order chi connectivity index (χ0) is 13.1. The molecule has 18 heavy (non-hydrogen) atoms. The van der Waals surface area contributed by atoms with Gasteiger partial charge in [0.25, 0.3) is 0 Å². The van der Waals surface area contributed by atoms with Gasteiger partial charge in [-0.15, -0.1) is 0 Å². The van der Waals surface area contributed by atoms with Gasteiger partial charge < -0.3 is 5.32 Å². The van der Waals surface area contributed by atoms with Crippen molar-refractivity contribution in [1.29, 1.82) is 5.26 Å². The molecule has 1 aromatic heterocycles. The van der Waals surface area contributed by atoms with Crippen LogP contribution in [0.5, 0.6) is 0 Å². The fraction of sp³-hybridized carbons (Fsp3) is 0.286. The molecule has 1 N–H and O–H groups in total. The van der Waals surface area contributed by atoms with Crippen molar-refractivity contribution in [2.45, 2.75) is 20.3 Å². The van der Waals surface area contributed by atoms with Gasteiger partial charge >= 0.3 is 0 Å². The number of nitrogens with one attached hydrogen (secondary N) is 1. The van der Waals surface area contributed by atoms with Crippen LogP contribution in [0.3, 0.4) is 0 Å². The van der Waals surface area contributed by atoms with Crippen molar-refractivity contribution in [3.63, 3.8) is 0 Å². The highest BCUT2D eigenvalue weighted by molar-refractivity contribution is 5.66. The van der Waals surface area contributed by atoms with Gasteiger partial charge in [-0.05, 0) is 25.0 Å². The first-order chi connectivity index (χ1) is 8.67. The molecule has 92 valence electrons. The molecule has 4 nitrogen and oxygen atoms in total. The van der Waals surface area contributed by atoms with E-state index in [1.807, 2.05) is 32.2 Å². The van der Waals surface area contributed by atoms with Crippen LogP contribution < -0.4 is 5.32 Å². The minimum atomic E-state index is 0.600. The number of aromatic nitrogens is 2. The highest BCUT2D eigenvalue weighted by Crippen LogP contribution is 2.25. The summed E-state index contributed by atoms with van der Waals surface area (Å²) in [4.78, 5) is 0. The molecule has 0 spiro atoms. The van der Waals surface area contributed by atoms with Gasteiger partial charge in [-0.1, -0.05) is 25.1 Å². The molecule has 2 aromatic rings. The summed E-state index contributed by atoms with van der Waals surface area (Å²) in [7, 11) is 1.84. The summed E-state index contributed by atoms with van der Waals surface area (Å²) in [5, 5.41) is 16.7. The lowest BCUT2D eigenvalue weighted by molar-refractivity contribution is 0.764. The SMILES string of the molecule is CCc1ccccc1Nc1c(C#N)c(C)nn1C. The molecular formula is C14H16N4. The number of hydrogen-bond donors (Lipinski definition) is 1. The van der Waals surface area contributed by atoms with Crippen LogP contribution in [0.25, 0.3) is 0 Å². The highest BCUT2D eigenvalue weighted by atomic mass is 15.3. The molecule has 0 unspecified atom stereocenters. The first-order valence-electron chi connectivity index (χ1n) is 5.96. The third kappa shape index (κ3) is 2.07. The van der Waals surface area contributed by atoms with Gasteiger partial charge in [0.2, 0.25) is 0 Å². The molecule has 0 aliphatic rings. The quantitative estimate of drug-likeness (QED) is 0.897. The summed E-state index contributed by atoms with van der Waals surface area (Å²) < 4.78 is 1.71. The van der Waals surface area contributed by atoms with E-state index in [2.05, 4.69) is 29.5 Å². The number of aryl methyl sites for hydroxylation is 3.